The van der Waals surface area contributed by atoms with Gasteiger partial charge in [0, 0.05) is 24.2 Å². The quantitative estimate of drug-likeness (QED) is 0.793. The molecule has 1 aliphatic rings. The Kier molecular flexibility index (Phi) is 3.26. The highest BCUT2D eigenvalue weighted by Gasteiger charge is 2.33. The Morgan fingerprint density at radius 2 is 2.11 bits per heavy atom. The Morgan fingerprint density at radius 3 is 2.67 bits per heavy atom. The largest absolute Gasteiger partial charge is 0.335 e. The molecule has 18 heavy (non-hydrogen) atoms. The van der Waals surface area contributed by atoms with Crippen LogP contribution in [-0.2, 0) is 11.4 Å². The van der Waals surface area contributed by atoms with Gasteiger partial charge in [-0.3, -0.25) is 4.79 Å². The van der Waals surface area contributed by atoms with Crippen LogP contribution in [0.15, 0.2) is 12.1 Å². The molecule has 6 heteroatoms. The predicted molar refractivity (Wildman–Crippen MR) is 66.8 cm³/mol. The molecule has 0 saturated carbocycles. The molecular formula is C12H14ClN2O3+. The minimum absolute atomic E-state index is 0.0525. The van der Waals surface area contributed by atoms with E-state index < -0.39 is 0 Å². The van der Waals surface area contributed by atoms with Crippen molar-refractivity contribution in [3.8, 4) is 0 Å². The van der Waals surface area contributed by atoms with Gasteiger partial charge < -0.3 is 4.90 Å². The SMILES string of the molecule is CO[N+](=O)c1cc2c(cc1Cl)C(=O)N(C(C)C)C2. The van der Waals surface area contributed by atoms with Gasteiger partial charge in [0.15, 0.2) is 7.11 Å². The molecular weight excluding hydrogens is 256 g/mol. The number of fused-ring (bicyclic) bond motifs is 1. The van der Waals surface area contributed by atoms with E-state index in [0.717, 1.165) is 5.56 Å². The fourth-order valence-electron chi connectivity index (χ4n) is 2.00. The summed E-state index contributed by atoms with van der Waals surface area (Å²) in [5.74, 6) is -0.0525. The smallest absolute Gasteiger partial charge is 0.332 e. The highest BCUT2D eigenvalue weighted by Crippen LogP contribution is 2.33. The second-order valence-electron chi connectivity index (χ2n) is 4.43. The van der Waals surface area contributed by atoms with E-state index in [2.05, 4.69) is 4.84 Å². The van der Waals surface area contributed by atoms with Gasteiger partial charge >= 0.3 is 5.69 Å². The van der Waals surface area contributed by atoms with E-state index in [4.69, 9.17) is 11.6 Å². The molecule has 1 amide bonds. The fourth-order valence-corrected chi connectivity index (χ4v) is 2.23. The molecule has 0 saturated heterocycles. The maximum absolute atomic E-state index is 12.1. The summed E-state index contributed by atoms with van der Waals surface area (Å²) in [5, 5.41) is 0.213. The summed E-state index contributed by atoms with van der Waals surface area (Å²) in [6.45, 7) is 4.39. The Balaban J connectivity index is 2.46. The first-order valence-electron chi connectivity index (χ1n) is 5.60. The molecule has 96 valence electrons. The molecule has 0 N–H and O–H groups in total. The molecule has 1 heterocycles. The number of benzene rings is 1. The lowest BCUT2D eigenvalue weighted by atomic mass is 10.1. The van der Waals surface area contributed by atoms with E-state index >= 15 is 0 Å². The molecule has 0 aromatic heterocycles. The van der Waals surface area contributed by atoms with E-state index in [1.165, 1.54) is 13.2 Å². The predicted octanol–water partition coefficient (Wildman–Crippen LogP) is 2.68. The molecule has 0 radical (unpaired) electrons. The number of nitrogens with zero attached hydrogens (tertiary/aromatic N) is 2. The summed E-state index contributed by atoms with van der Waals surface area (Å²) < 4.78 is 0. The van der Waals surface area contributed by atoms with Gasteiger partial charge in [-0.15, -0.1) is 0 Å². The van der Waals surface area contributed by atoms with Gasteiger partial charge in [0.1, 0.15) is 5.02 Å². The molecule has 0 atom stereocenters. The van der Waals surface area contributed by atoms with Gasteiger partial charge in [-0.25, -0.2) is 4.84 Å². The van der Waals surface area contributed by atoms with Crippen LogP contribution in [0.4, 0.5) is 5.69 Å². The average Bonchev–Trinajstić information content (AvgIpc) is 2.65. The maximum atomic E-state index is 12.1. The van der Waals surface area contributed by atoms with E-state index in [1.807, 2.05) is 13.8 Å². The highest BCUT2D eigenvalue weighted by molar-refractivity contribution is 6.33. The average molecular weight is 270 g/mol. The molecule has 0 bridgehead atoms. The standard InChI is InChI=1S/C12H14ClN2O3/c1-7(2)14-6-8-4-11(15(17)18-3)10(13)5-9(8)12(14)16/h4-5,7H,6H2,1-3H3/q+1. The molecule has 2 rings (SSSR count). The molecule has 0 spiro atoms. The van der Waals surface area contributed by atoms with Crippen molar-refractivity contribution in [2.45, 2.75) is 26.4 Å². The highest BCUT2D eigenvalue weighted by atomic mass is 35.5. The zero-order valence-corrected chi connectivity index (χ0v) is 11.2. The van der Waals surface area contributed by atoms with Crippen LogP contribution in [0.1, 0.15) is 29.8 Å². The molecule has 5 nitrogen and oxygen atoms in total. The van der Waals surface area contributed by atoms with Crippen molar-refractivity contribution < 1.29 is 14.6 Å². The summed E-state index contributed by atoms with van der Waals surface area (Å²) >= 11 is 5.98. The van der Waals surface area contributed by atoms with Crippen LogP contribution in [0.2, 0.25) is 5.02 Å². The zero-order chi connectivity index (χ0) is 13.4. The number of rotatable bonds is 3. The zero-order valence-electron chi connectivity index (χ0n) is 10.4. The van der Waals surface area contributed by atoms with Gasteiger partial charge in [0.2, 0.25) is 0 Å². The Morgan fingerprint density at radius 1 is 1.44 bits per heavy atom. The molecule has 0 unspecified atom stereocenters. The van der Waals surface area contributed by atoms with Crippen LogP contribution in [0, 0.1) is 4.91 Å². The number of amides is 1. The number of hydrogen-bond donors (Lipinski definition) is 0. The number of hydrogen-bond acceptors (Lipinski definition) is 3. The Bertz CT molecular complexity index is 528. The van der Waals surface area contributed by atoms with Gasteiger partial charge in [0.25, 0.3) is 10.8 Å². The Labute approximate surface area is 110 Å². The summed E-state index contributed by atoms with van der Waals surface area (Å²) in [6, 6.07) is 3.24. The summed E-state index contributed by atoms with van der Waals surface area (Å²) in [4.78, 5) is 30.2. The minimum Gasteiger partial charge on any atom is -0.332 e. The maximum Gasteiger partial charge on any atom is 0.335 e. The van der Waals surface area contributed by atoms with E-state index in [0.29, 0.717) is 17.0 Å². The first-order chi connectivity index (χ1) is 8.45. The molecule has 0 fully saturated rings. The van der Waals surface area contributed by atoms with Gasteiger partial charge in [-0.2, -0.15) is 0 Å². The van der Waals surface area contributed by atoms with Gasteiger partial charge in [-0.05, 0) is 25.5 Å². The van der Waals surface area contributed by atoms with Crippen LogP contribution in [0.25, 0.3) is 0 Å². The van der Waals surface area contributed by atoms with Crippen molar-refractivity contribution in [3.05, 3.63) is 33.2 Å². The molecule has 1 aromatic rings. The normalized spacial score (nSPS) is 14.1. The third-order valence-corrected chi connectivity index (χ3v) is 3.29. The third kappa shape index (κ3) is 1.95. The van der Waals surface area contributed by atoms with E-state index in [-0.39, 0.29) is 22.7 Å². The van der Waals surface area contributed by atoms with Crippen LogP contribution in [-0.4, -0.2) is 28.9 Å². The van der Waals surface area contributed by atoms with Crippen molar-refractivity contribution >= 4 is 23.2 Å². The van der Waals surface area contributed by atoms with Crippen LogP contribution in [0.5, 0.6) is 0 Å². The third-order valence-electron chi connectivity index (χ3n) is 2.99. The minimum atomic E-state index is -0.0525. The number of halogens is 1. The molecule has 1 aliphatic heterocycles. The summed E-state index contributed by atoms with van der Waals surface area (Å²) in [6.07, 6.45) is 0. The lowest BCUT2D eigenvalue weighted by Crippen LogP contribution is -2.30. The monoisotopic (exact) mass is 269 g/mol. The van der Waals surface area contributed by atoms with Crippen LogP contribution >= 0.6 is 11.6 Å². The van der Waals surface area contributed by atoms with E-state index in [9.17, 15) is 9.70 Å². The second-order valence-corrected chi connectivity index (χ2v) is 4.83. The topological polar surface area (TPSA) is 49.6 Å². The van der Waals surface area contributed by atoms with Crippen molar-refractivity contribution in [1.82, 2.24) is 4.90 Å². The number of carbonyl (C=O) groups excluding carboxylic acids is 1. The summed E-state index contributed by atoms with van der Waals surface area (Å²) in [5.41, 5.74) is 1.57. The van der Waals surface area contributed by atoms with Crippen molar-refractivity contribution in [2.24, 2.45) is 0 Å². The first-order valence-corrected chi connectivity index (χ1v) is 5.98. The summed E-state index contributed by atoms with van der Waals surface area (Å²) in [7, 11) is 1.27. The van der Waals surface area contributed by atoms with Gasteiger partial charge in [0.05, 0.1) is 4.91 Å². The molecule has 0 aliphatic carbocycles. The van der Waals surface area contributed by atoms with Crippen molar-refractivity contribution in [1.29, 1.82) is 0 Å². The van der Waals surface area contributed by atoms with Gasteiger partial charge in [-0.1, -0.05) is 11.6 Å². The van der Waals surface area contributed by atoms with E-state index in [1.54, 1.807) is 11.0 Å². The molecule has 1 aromatic carbocycles. The lowest BCUT2D eigenvalue weighted by Gasteiger charge is -2.19. The van der Waals surface area contributed by atoms with Crippen molar-refractivity contribution in [3.63, 3.8) is 0 Å². The Hall–Kier alpha value is -1.62. The van der Waals surface area contributed by atoms with Crippen LogP contribution in [0.3, 0.4) is 0 Å². The number of carbonyl (C=O) groups is 1. The van der Waals surface area contributed by atoms with Crippen molar-refractivity contribution in [2.75, 3.05) is 7.11 Å². The lowest BCUT2D eigenvalue weighted by molar-refractivity contribution is -0.736. The second kappa shape index (κ2) is 4.57. The van der Waals surface area contributed by atoms with Crippen LogP contribution < -0.4 is 0 Å². The fraction of sp³-hybridized carbons (Fsp3) is 0.417. The first kappa shape index (κ1) is 12.8.